The Hall–Kier alpha value is -1.92. The molecule has 1 aromatic carbocycles. The Morgan fingerprint density at radius 1 is 1.22 bits per heavy atom. The van der Waals surface area contributed by atoms with Crippen LogP contribution in [0.2, 0.25) is 0 Å². The van der Waals surface area contributed by atoms with Crippen LogP contribution in [0.15, 0.2) is 47.5 Å². The first-order valence-corrected chi connectivity index (χ1v) is 9.02. The Morgan fingerprint density at radius 3 is 2.61 bits per heavy atom. The van der Waals surface area contributed by atoms with E-state index in [1.807, 2.05) is 6.07 Å². The number of rotatable bonds is 1. The number of aromatic nitrogens is 1. The molecule has 1 aliphatic rings. The van der Waals surface area contributed by atoms with Crippen LogP contribution in [0.3, 0.4) is 0 Å². The first-order valence-electron chi connectivity index (χ1n) is 7.37. The first kappa shape index (κ1) is 16.0. The maximum atomic E-state index is 12.7. The summed E-state index contributed by atoms with van der Waals surface area (Å²) in [5.41, 5.74) is 0.229. The number of benzene rings is 1. The summed E-state index contributed by atoms with van der Waals surface area (Å²) >= 11 is 0. The maximum absolute atomic E-state index is 12.7. The monoisotopic (exact) mass is 333 g/mol. The third-order valence-corrected chi connectivity index (χ3v) is 6.50. The number of aromatic hydroxyl groups is 1. The number of phenols is 1. The molecule has 0 radical (unpaired) electrons. The van der Waals surface area contributed by atoms with Crippen molar-refractivity contribution in [3.63, 3.8) is 0 Å². The highest BCUT2D eigenvalue weighted by Crippen LogP contribution is 2.44. The van der Waals surface area contributed by atoms with E-state index in [1.54, 1.807) is 38.2 Å². The molecule has 0 aliphatic carbocycles. The molecule has 5 nitrogen and oxygen atoms in total. The van der Waals surface area contributed by atoms with Crippen LogP contribution in [-0.2, 0) is 9.84 Å². The molecule has 3 rings (SSSR count). The SMILES string of the molecule is CC1(C)CS(=O)(=O)c2cc(O)ccc2[C@@H](c2ccccn2)[C@H]1O. The predicted octanol–water partition coefficient (Wildman–Crippen LogP) is 2.09. The molecule has 1 aliphatic heterocycles. The summed E-state index contributed by atoms with van der Waals surface area (Å²) < 4.78 is 25.5. The van der Waals surface area contributed by atoms with Gasteiger partial charge in [0.25, 0.3) is 0 Å². The Bertz CT molecular complexity index is 831. The minimum atomic E-state index is -3.63. The van der Waals surface area contributed by atoms with E-state index in [2.05, 4.69) is 4.98 Å². The summed E-state index contributed by atoms with van der Waals surface area (Å²) in [6.07, 6.45) is 0.701. The van der Waals surface area contributed by atoms with Gasteiger partial charge >= 0.3 is 0 Å². The lowest BCUT2D eigenvalue weighted by atomic mass is 9.76. The molecule has 23 heavy (non-hydrogen) atoms. The molecule has 1 aromatic heterocycles. The van der Waals surface area contributed by atoms with Gasteiger partial charge in [0.05, 0.1) is 28.4 Å². The molecule has 6 heteroatoms. The molecular weight excluding hydrogens is 314 g/mol. The molecular formula is C17H19NO4S. The van der Waals surface area contributed by atoms with E-state index >= 15 is 0 Å². The van der Waals surface area contributed by atoms with E-state index in [4.69, 9.17) is 0 Å². The van der Waals surface area contributed by atoms with Gasteiger partial charge in [-0.25, -0.2) is 8.42 Å². The molecule has 2 N–H and O–H groups in total. The van der Waals surface area contributed by atoms with Gasteiger partial charge in [-0.1, -0.05) is 26.0 Å². The van der Waals surface area contributed by atoms with E-state index in [9.17, 15) is 18.6 Å². The second kappa shape index (κ2) is 5.32. The van der Waals surface area contributed by atoms with Crippen molar-refractivity contribution in [3.8, 4) is 5.75 Å². The third-order valence-electron chi connectivity index (χ3n) is 4.35. The smallest absolute Gasteiger partial charge is 0.179 e. The summed E-state index contributed by atoms with van der Waals surface area (Å²) in [6.45, 7) is 3.47. The van der Waals surface area contributed by atoms with Crippen molar-refractivity contribution in [1.82, 2.24) is 4.98 Å². The highest BCUT2D eigenvalue weighted by atomic mass is 32.2. The van der Waals surface area contributed by atoms with E-state index in [-0.39, 0.29) is 16.4 Å². The van der Waals surface area contributed by atoms with Gasteiger partial charge in [-0.05, 0) is 29.8 Å². The summed E-state index contributed by atoms with van der Waals surface area (Å²) in [4.78, 5) is 4.38. The molecule has 0 unspecified atom stereocenters. The standard InChI is InChI=1S/C17H19NO4S/c1-17(2)10-23(21,22)14-9-11(19)6-7-12(14)15(16(17)20)13-5-3-4-8-18-13/h3-9,15-16,19-20H,10H2,1-2H3/t15-,16+/m0/s1. The van der Waals surface area contributed by atoms with Crippen molar-refractivity contribution in [2.24, 2.45) is 5.41 Å². The Labute approximate surface area is 135 Å². The minimum Gasteiger partial charge on any atom is -0.508 e. The number of fused-ring (bicyclic) bond motifs is 1. The number of aliphatic hydroxyl groups excluding tert-OH is 1. The van der Waals surface area contributed by atoms with Gasteiger partial charge in [0.1, 0.15) is 5.75 Å². The summed E-state index contributed by atoms with van der Waals surface area (Å²) in [5, 5.41) is 20.6. The third kappa shape index (κ3) is 2.72. The Balaban J connectivity index is 2.32. The largest absolute Gasteiger partial charge is 0.508 e. The average molecular weight is 333 g/mol. The summed E-state index contributed by atoms with van der Waals surface area (Å²) in [7, 11) is -3.63. The summed E-state index contributed by atoms with van der Waals surface area (Å²) in [5.74, 6) is -0.874. The van der Waals surface area contributed by atoms with Crippen molar-refractivity contribution in [2.45, 2.75) is 30.8 Å². The van der Waals surface area contributed by atoms with Gasteiger partial charge in [-0.3, -0.25) is 4.98 Å². The molecule has 122 valence electrons. The number of phenolic OH excluding ortho intramolecular Hbond substituents is 1. The van der Waals surface area contributed by atoms with Crippen LogP contribution in [-0.4, -0.2) is 35.5 Å². The maximum Gasteiger partial charge on any atom is 0.179 e. The van der Waals surface area contributed by atoms with Crippen LogP contribution in [0.4, 0.5) is 0 Å². The fraction of sp³-hybridized carbons (Fsp3) is 0.353. The van der Waals surface area contributed by atoms with Crippen molar-refractivity contribution in [2.75, 3.05) is 5.75 Å². The van der Waals surface area contributed by atoms with E-state index in [1.165, 1.54) is 12.1 Å². The van der Waals surface area contributed by atoms with Crippen molar-refractivity contribution < 1.29 is 18.6 Å². The van der Waals surface area contributed by atoms with Crippen LogP contribution < -0.4 is 0 Å². The quantitative estimate of drug-likeness (QED) is 0.834. The van der Waals surface area contributed by atoms with Crippen molar-refractivity contribution in [1.29, 1.82) is 0 Å². The van der Waals surface area contributed by atoms with E-state index < -0.39 is 27.3 Å². The number of sulfone groups is 1. The highest BCUT2D eigenvalue weighted by molar-refractivity contribution is 7.91. The normalized spacial score (nSPS) is 25.3. The zero-order valence-electron chi connectivity index (χ0n) is 13.0. The zero-order valence-corrected chi connectivity index (χ0v) is 13.8. The van der Waals surface area contributed by atoms with Gasteiger partial charge in [-0.2, -0.15) is 0 Å². The van der Waals surface area contributed by atoms with Crippen LogP contribution >= 0.6 is 0 Å². The second-order valence-corrected chi connectivity index (χ2v) is 8.60. The van der Waals surface area contributed by atoms with Crippen LogP contribution in [0.1, 0.15) is 31.0 Å². The number of hydrogen-bond donors (Lipinski definition) is 2. The zero-order chi connectivity index (χ0) is 16.8. The molecule has 0 saturated heterocycles. The fourth-order valence-electron chi connectivity index (χ4n) is 3.20. The topological polar surface area (TPSA) is 87.5 Å². The molecule has 2 atom stereocenters. The van der Waals surface area contributed by atoms with Gasteiger partial charge in [0, 0.05) is 11.6 Å². The van der Waals surface area contributed by atoms with Crippen molar-refractivity contribution in [3.05, 3.63) is 53.9 Å². The lowest BCUT2D eigenvalue weighted by molar-refractivity contribution is 0.0511. The van der Waals surface area contributed by atoms with E-state index in [0.29, 0.717) is 11.3 Å². The molecule has 2 aromatic rings. The molecule has 0 amide bonds. The molecule has 0 bridgehead atoms. The van der Waals surface area contributed by atoms with Crippen LogP contribution in [0.25, 0.3) is 0 Å². The number of nitrogens with zero attached hydrogens (tertiary/aromatic N) is 1. The van der Waals surface area contributed by atoms with Crippen molar-refractivity contribution >= 4 is 9.84 Å². The Morgan fingerprint density at radius 2 is 1.96 bits per heavy atom. The fourth-order valence-corrected chi connectivity index (χ4v) is 5.36. The predicted molar refractivity (Wildman–Crippen MR) is 86.0 cm³/mol. The highest BCUT2D eigenvalue weighted by Gasteiger charge is 2.45. The minimum absolute atomic E-state index is 0.0674. The molecule has 0 fully saturated rings. The van der Waals surface area contributed by atoms with Gasteiger partial charge in [-0.15, -0.1) is 0 Å². The number of pyridine rings is 1. The van der Waals surface area contributed by atoms with Crippen LogP contribution in [0, 0.1) is 5.41 Å². The number of aliphatic hydroxyl groups is 1. The number of hydrogen-bond acceptors (Lipinski definition) is 5. The Kier molecular flexibility index (Phi) is 3.69. The molecule has 0 spiro atoms. The molecule has 2 heterocycles. The average Bonchev–Trinajstić information content (AvgIpc) is 2.53. The lowest BCUT2D eigenvalue weighted by Crippen LogP contribution is -2.38. The van der Waals surface area contributed by atoms with Gasteiger partial charge in [0.15, 0.2) is 9.84 Å². The van der Waals surface area contributed by atoms with Gasteiger partial charge in [0.2, 0.25) is 0 Å². The summed E-state index contributed by atoms with van der Waals surface area (Å²) in [6, 6.07) is 9.61. The lowest BCUT2D eigenvalue weighted by Gasteiger charge is -2.33. The van der Waals surface area contributed by atoms with Gasteiger partial charge < -0.3 is 10.2 Å². The van der Waals surface area contributed by atoms with E-state index in [0.717, 1.165) is 0 Å². The second-order valence-electron chi connectivity index (χ2n) is 6.65. The van der Waals surface area contributed by atoms with Crippen LogP contribution in [0.5, 0.6) is 5.75 Å². The first-order chi connectivity index (χ1) is 10.7. The molecule has 0 saturated carbocycles.